The van der Waals surface area contributed by atoms with E-state index in [1.165, 1.54) is 30.3 Å². The average Bonchev–Trinajstić information content (AvgIpc) is 2.95. The van der Waals surface area contributed by atoms with Crippen molar-refractivity contribution in [3.05, 3.63) is 112 Å². The number of phosphoric acid groups is 1. The van der Waals surface area contributed by atoms with Gasteiger partial charge in [-0.1, -0.05) is 30.3 Å². The van der Waals surface area contributed by atoms with Crippen LogP contribution >= 0.6 is 7.82 Å². The second-order valence-corrected chi connectivity index (χ2v) is 11.1. The number of nitrogens with zero attached hydrogens (tertiary/aromatic N) is 1. The molecule has 219 valence electrons. The number of benzene rings is 4. The first-order valence-corrected chi connectivity index (χ1v) is 14.5. The molecule has 3 N–H and O–H groups in total. The van der Waals surface area contributed by atoms with Crippen LogP contribution in [0.2, 0.25) is 0 Å². The van der Waals surface area contributed by atoms with Crippen LogP contribution in [-0.2, 0) is 16.1 Å². The zero-order valence-electron chi connectivity index (χ0n) is 25.3. The van der Waals surface area contributed by atoms with Gasteiger partial charge in [0, 0.05) is 47.3 Å². The van der Waals surface area contributed by atoms with Crippen molar-refractivity contribution in [3.63, 3.8) is 0 Å². The van der Waals surface area contributed by atoms with Crippen molar-refractivity contribution in [1.29, 1.82) is 0 Å². The summed E-state index contributed by atoms with van der Waals surface area (Å²) in [5.41, 5.74) is 3.27. The van der Waals surface area contributed by atoms with Gasteiger partial charge in [0.1, 0.15) is 24.3 Å². The van der Waals surface area contributed by atoms with E-state index in [1.54, 1.807) is 63.4 Å². The molecule has 5 aromatic rings. The van der Waals surface area contributed by atoms with Crippen molar-refractivity contribution in [1.82, 2.24) is 0 Å². The number of carboxylic acids is 1. The third-order valence-electron chi connectivity index (χ3n) is 6.96. The number of fused-ring (bicyclic) bond motifs is 2. The predicted molar refractivity (Wildman–Crippen MR) is 163 cm³/mol. The number of carboxylic acid groups (broad SMARTS) is 1. The Kier molecular flexibility index (Phi) is 11.8. The van der Waals surface area contributed by atoms with E-state index in [4.69, 9.17) is 9.26 Å². The van der Waals surface area contributed by atoms with E-state index in [-0.39, 0.29) is 93.1 Å². The maximum Gasteiger partial charge on any atom is 1.00 e. The Morgan fingerprint density at radius 1 is 0.889 bits per heavy atom. The van der Waals surface area contributed by atoms with E-state index in [0.29, 0.717) is 38.5 Å². The Balaban J connectivity index is 0.00000276. The molecule has 13 heteroatoms. The van der Waals surface area contributed by atoms with Crippen LogP contribution in [0.1, 0.15) is 43.0 Å². The Bertz CT molecular complexity index is 2000. The molecule has 0 spiro atoms. The first kappa shape index (κ1) is 36.4. The number of aromatic hydroxyl groups is 1. The van der Waals surface area contributed by atoms with Crippen molar-refractivity contribution in [2.75, 3.05) is 0 Å². The molecule has 1 atom stereocenters. The molecule has 0 aliphatic heterocycles. The van der Waals surface area contributed by atoms with Crippen LogP contribution in [0, 0.1) is 13.8 Å². The van der Waals surface area contributed by atoms with Gasteiger partial charge in [0.05, 0.1) is 21.9 Å². The summed E-state index contributed by atoms with van der Waals surface area (Å²) in [7, 11) is -3.43. The molecule has 0 saturated carbocycles. The van der Waals surface area contributed by atoms with E-state index in [9.17, 15) is 34.2 Å². The third-order valence-corrected chi connectivity index (χ3v) is 7.39. The molecular formula is C32H26NNa2O9P+. The van der Waals surface area contributed by atoms with Crippen LogP contribution in [0.3, 0.4) is 0 Å². The van der Waals surface area contributed by atoms with Crippen molar-refractivity contribution in [2.45, 2.75) is 13.8 Å². The molecule has 0 saturated heterocycles. The topological polar surface area (TPSA) is 157 Å². The number of para-hydroxylation sites is 1. The van der Waals surface area contributed by atoms with Crippen LogP contribution in [0.15, 0.2) is 78.9 Å². The molecule has 0 aliphatic carbocycles. The monoisotopic (exact) mass is 645 g/mol. The number of aryl methyl sites for hydroxylation is 3. The molecule has 45 heavy (non-hydrogen) atoms. The number of phenolic OH excluding ortho intramolecular Hbond substituents is 1. The summed E-state index contributed by atoms with van der Waals surface area (Å²) < 4.78 is 24.4. The smallest absolute Gasteiger partial charge is 0.746 e. The Labute approximate surface area is 302 Å². The van der Waals surface area contributed by atoms with Crippen LogP contribution in [0.4, 0.5) is 0 Å². The summed E-state index contributed by atoms with van der Waals surface area (Å²) in [6.45, 7) is 3.32. The first-order chi connectivity index (χ1) is 20.3. The zero-order valence-corrected chi connectivity index (χ0v) is 30.2. The van der Waals surface area contributed by atoms with Crippen molar-refractivity contribution >= 4 is 83.0 Å². The average molecular weight is 646 g/mol. The van der Waals surface area contributed by atoms with Gasteiger partial charge < -0.3 is 29.3 Å². The van der Waals surface area contributed by atoms with Gasteiger partial charge >= 0.3 is 49.3 Å². The summed E-state index contributed by atoms with van der Waals surface area (Å²) >= 11 is 0. The number of pyridine rings is 1. The van der Waals surface area contributed by atoms with E-state index >= 15 is 0 Å². The minimum absolute atomic E-state index is 0. The van der Waals surface area contributed by atoms with Crippen molar-refractivity contribution in [2.24, 2.45) is 7.05 Å². The number of rotatable bonds is 7. The number of carbonyl (C=O) groups is 2. The Morgan fingerprint density at radius 3 is 2.09 bits per heavy atom. The van der Waals surface area contributed by atoms with Gasteiger partial charge in [-0.25, -0.2) is 9.59 Å². The summed E-state index contributed by atoms with van der Waals surface area (Å²) in [5.74, 6) is -1.68. The summed E-state index contributed by atoms with van der Waals surface area (Å²) in [5, 5.41) is 20.1. The van der Waals surface area contributed by atoms with Gasteiger partial charge in [-0.05, 0) is 73.0 Å². The Hall–Kier alpha value is -3.02. The van der Waals surface area contributed by atoms with Crippen LogP contribution in [0.5, 0.6) is 11.5 Å². The summed E-state index contributed by atoms with van der Waals surface area (Å²) in [4.78, 5) is 46.6. The summed E-state index contributed by atoms with van der Waals surface area (Å²) in [6.07, 6.45) is 1.39. The third kappa shape index (κ3) is 8.04. The molecule has 0 amide bonds. The molecule has 10 nitrogen and oxygen atoms in total. The van der Waals surface area contributed by atoms with Crippen molar-refractivity contribution in [3.8, 4) is 11.5 Å². The largest absolute Gasteiger partial charge is 1.00 e. The molecule has 1 heterocycles. The number of aromatic carboxylic acids is 1. The Morgan fingerprint density at radius 2 is 1.49 bits per heavy atom. The number of hydrogen-bond donors (Lipinski definition) is 3. The molecule has 0 bridgehead atoms. The first-order valence-electron chi connectivity index (χ1n) is 13.0. The fourth-order valence-electron chi connectivity index (χ4n) is 5.03. The zero-order chi connectivity index (χ0) is 31.1. The minimum atomic E-state index is -5.21. The quantitative estimate of drug-likeness (QED) is 0.0350. The fourth-order valence-corrected chi connectivity index (χ4v) is 5.44. The van der Waals surface area contributed by atoms with Gasteiger partial charge in [0.15, 0.2) is 0 Å². The molecule has 5 rings (SSSR count). The molecular weight excluding hydrogens is 619 g/mol. The van der Waals surface area contributed by atoms with Crippen LogP contribution < -0.4 is 43.8 Å². The SMILES string of the molecule is Cc1cc(C(=O)O)cc(C)c1OC(=O)c1c2ccccc2[n+](C)c2cc(/C(=C/c3ccc(O)cc3)OP(=O)([O-])O)ccc12.[Na+].[Na]. The molecule has 1 aromatic heterocycles. The number of hydrogen-bond acceptors (Lipinski definition) is 7. The van der Waals surface area contributed by atoms with Gasteiger partial charge in [-0.3, -0.25) is 4.57 Å². The minimum Gasteiger partial charge on any atom is -0.746 e. The molecule has 4 aromatic carbocycles. The number of phosphoric ester groups is 1. The fraction of sp³-hybridized carbons (Fsp3) is 0.0938. The maximum absolute atomic E-state index is 13.8. The number of ether oxygens (including phenoxy) is 1. The van der Waals surface area contributed by atoms with Crippen LogP contribution in [0.25, 0.3) is 33.6 Å². The van der Waals surface area contributed by atoms with Gasteiger partial charge in [0.2, 0.25) is 11.0 Å². The standard InChI is InChI=1S/C32H26NO9P.2Na/c1-18-14-22(31(35)36)15-19(2)30(18)41-32(37)29-24-6-4-5-7-26(24)33(3)27-17-21(10-13-25(27)29)28(42-43(38,39)40)16-20-8-11-23(34)12-9-20;;/h4-17H,1-3H3,(H3,35,36,38,39,40);;/q;;+1. The van der Waals surface area contributed by atoms with Gasteiger partial charge in [-0.15, -0.1) is 0 Å². The number of carbonyl (C=O) groups excluding carboxylic acids is 1. The molecule has 0 aliphatic rings. The number of phenols is 1. The van der Waals surface area contributed by atoms with Gasteiger partial charge in [-0.2, -0.15) is 4.57 Å². The predicted octanol–water partition coefficient (Wildman–Crippen LogP) is 1.66. The second-order valence-electron chi connectivity index (χ2n) is 9.98. The second kappa shape index (κ2) is 14.6. The van der Waals surface area contributed by atoms with E-state index < -0.39 is 19.8 Å². The number of esters is 1. The van der Waals surface area contributed by atoms with Crippen LogP contribution in [-0.4, -0.2) is 56.6 Å². The summed E-state index contributed by atoms with van der Waals surface area (Å²) in [6, 6.07) is 20.8. The molecule has 1 radical (unpaired) electrons. The van der Waals surface area contributed by atoms with E-state index in [0.717, 1.165) is 0 Å². The number of aromatic nitrogens is 1. The molecule has 1 unspecified atom stereocenters. The normalized spacial score (nSPS) is 12.5. The maximum atomic E-state index is 13.8. The molecule has 0 fully saturated rings. The van der Waals surface area contributed by atoms with E-state index in [2.05, 4.69) is 0 Å². The van der Waals surface area contributed by atoms with Gasteiger partial charge in [0.25, 0.3) is 0 Å². The van der Waals surface area contributed by atoms with E-state index in [1.807, 2.05) is 16.7 Å². The van der Waals surface area contributed by atoms with Crippen molar-refractivity contribution < 1.29 is 77.5 Å².